The van der Waals surface area contributed by atoms with Crippen molar-refractivity contribution >= 4 is 11.6 Å². The van der Waals surface area contributed by atoms with Crippen LogP contribution in [0.25, 0.3) is 0 Å². The Morgan fingerprint density at radius 1 is 1.18 bits per heavy atom. The van der Waals surface area contributed by atoms with Crippen molar-refractivity contribution in [3.63, 3.8) is 0 Å². The summed E-state index contributed by atoms with van der Waals surface area (Å²) in [5, 5.41) is 7.15. The Balaban J connectivity index is 1.47. The van der Waals surface area contributed by atoms with Gasteiger partial charge in [0.1, 0.15) is 0 Å². The summed E-state index contributed by atoms with van der Waals surface area (Å²) >= 11 is 0. The van der Waals surface area contributed by atoms with Crippen molar-refractivity contribution in [1.82, 2.24) is 15.5 Å². The highest BCUT2D eigenvalue weighted by atomic mass is 15.2. The number of piperidine rings is 1. The van der Waals surface area contributed by atoms with E-state index < -0.39 is 0 Å². The molecule has 1 atom stereocenters. The van der Waals surface area contributed by atoms with Crippen LogP contribution in [-0.2, 0) is 0 Å². The lowest BCUT2D eigenvalue weighted by molar-refractivity contribution is 0.185. The SMILES string of the molecule is CCCN1CCC(CNC(=NC)NC(C)c2cccc(N3CCCC3)c2)CC1. The molecule has 0 amide bonds. The van der Waals surface area contributed by atoms with Gasteiger partial charge in [-0.2, -0.15) is 0 Å². The number of hydrogen-bond donors (Lipinski definition) is 2. The van der Waals surface area contributed by atoms with Crippen LogP contribution in [-0.4, -0.2) is 57.2 Å². The maximum atomic E-state index is 4.46. The number of hydrogen-bond acceptors (Lipinski definition) is 3. The van der Waals surface area contributed by atoms with Gasteiger partial charge in [-0.25, -0.2) is 0 Å². The molecule has 3 rings (SSSR count). The summed E-state index contributed by atoms with van der Waals surface area (Å²) in [5.74, 6) is 1.66. The Labute approximate surface area is 171 Å². The molecule has 2 aliphatic heterocycles. The maximum absolute atomic E-state index is 4.46. The lowest BCUT2D eigenvalue weighted by atomic mass is 9.97. The van der Waals surface area contributed by atoms with Crippen molar-refractivity contribution < 1.29 is 0 Å². The van der Waals surface area contributed by atoms with Crippen LogP contribution in [0.5, 0.6) is 0 Å². The third kappa shape index (κ3) is 5.87. The fraction of sp³-hybridized carbons (Fsp3) is 0.696. The molecular formula is C23H39N5. The van der Waals surface area contributed by atoms with E-state index in [4.69, 9.17) is 0 Å². The van der Waals surface area contributed by atoms with E-state index >= 15 is 0 Å². The van der Waals surface area contributed by atoms with E-state index in [9.17, 15) is 0 Å². The number of likely N-dealkylation sites (tertiary alicyclic amines) is 1. The molecule has 0 bridgehead atoms. The second-order valence-electron chi connectivity index (χ2n) is 8.39. The zero-order valence-electron chi connectivity index (χ0n) is 18.1. The van der Waals surface area contributed by atoms with Crippen LogP contribution < -0.4 is 15.5 Å². The summed E-state index contributed by atoms with van der Waals surface area (Å²) in [6.45, 7) is 11.6. The monoisotopic (exact) mass is 385 g/mol. The number of benzene rings is 1. The Morgan fingerprint density at radius 2 is 1.93 bits per heavy atom. The lowest BCUT2D eigenvalue weighted by Gasteiger charge is -2.32. The standard InChI is InChI=1S/C23H39N5/c1-4-12-27-15-10-20(11-16-27)18-25-23(24-3)26-19(2)21-8-7-9-22(17-21)28-13-5-6-14-28/h7-9,17,19-20H,4-6,10-16,18H2,1-3H3,(H2,24,25,26). The molecule has 5 heteroatoms. The summed E-state index contributed by atoms with van der Waals surface area (Å²) in [7, 11) is 1.87. The van der Waals surface area contributed by atoms with E-state index in [0.717, 1.165) is 18.4 Å². The molecule has 5 nitrogen and oxygen atoms in total. The molecular weight excluding hydrogens is 346 g/mol. The number of guanidine groups is 1. The Morgan fingerprint density at radius 3 is 2.61 bits per heavy atom. The van der Waals surface area contributed by atoms with Gasteiger partial charge in [-0.3, -0.25) is 4.99 Å². The van der Waals surface area contributed by atoms with Gasteiger partial charge in [0.2, 0.25) is 0 Å². The van der Waals surface area contributed by atoms with Crippen LogP contribution in [0.1, 0.15) is 57.6 Å². The molecule has 2 fully saturated rings. The van der Waals surface area contributed by atoms with Gasteiger partial charge in [0.15, 0.2) is 5.96 Å². The molecule has 2 N–H and O–H groups in total. The number of nitrogens with one attached hydrogen (secondary N) is 2. The van der Waals surface area contributed by atoms with Crippen LogP contribution >= 0.6 is 0 Å². The van der Waals surface area contributed by atoms with Gasteiger partial charge < -0.3 is 20.4 Å². The molecule has 0 spiro atoms. The molecule has 2 aliphatic rings. The fourth-order valence-electron chi connectivity index (χ4n) is 4.42. The lowest BCUT2D eigenvalue weighted by Crippen LogP contribution is -2.43. The first kappa shape index (κ1) is 21.0. The summed E-state index contributed by atoms with van der Waals surface area (Å²) in [4.78, 5) is 9.55. The van der Waals surface area contributed by atoms with Crippen molar-refractivity contribution in [2.75, 3.05) is 51.2 Å². The molecule has 0 aliphatic carbocycles. The zero-order valence-corrected chi connectivity index (χ0v) is 18.1. The third-order valence-corrected chi connectivity index (χ3v) is 6.22. The molecule has 28 heavy (non-hydrogen) atoms. The summed E-state index contributed by atoms with van der Waals surface area (Å²) in [6.07, 6.45) is 6.46. The first-order chi connectivity index (χ1) is 13.7. The van der Waals surface area contributed by atoms with Gasteiger partial charge in [0.05, 0.1) is 6.04 Å². The van der Waals surface area contributed by atoms with Crippen molar-refractivity contribution in [1.29, 1.82) is 0 Å². The molecule has 0 aromatic heterocycles. The molecule has 1 unspecified atom stereocenters. The minimum absolute atomic E-state index is 0.236. The highest BCUT2D eigenvalue weighted by Crippen LogP contribution is 2.24. The van der Waals surface area contributed by atoms with Gasteiger partial charge in [-0.15, -0.1) is 0 Å². The summed E-state index contributed by atoms with van der Waals surface area (Å²) in [5.41, 5.74) is 2.67. The van der Waals surface area contributed by atoms with Crippen LogP contribution in [0.4, 0.5) is 5.69 Å². The fourth-order valence-corrected chi connectivity index (χ4v) is 4.42. The van der Waals surface area contributed by atoms with Crippen molar-refractivity contribution in [2.24, 2.45) is 10.9 Å². The maximum Gasteiger partial charge on any atom is 0.191 e. The number of aliphatic imine (C=N–C) groups is 1. The predicted octanol–water partition coefficient (Wildman–Crippen LogP) is 3.63. The average molecular weight is 386 g/mol. The first-order valence-corrected chi connectivity index (χ1v) is 11.2. The van der Waals surface area contributed by atoms with Crippen LogP contribution in [0.2, 0.25) is 0 Å². The van der Waals surface area contributed by atoms with E-state index in [2.05, 4.69) is 63.5 Å². The number of anilines is 1. The first-order valence-electron chi connectivity index (χ1n) is 11.2. The van der Waals surface area contributed by atoms with E-state index in [1.165, 1.54) is 76.1 Å². The highest BCUT2D eigenvalue weighted by Gasteiger charge is 2.19. The zero-order chi connectivity index (χ0) is 19.8. The van der Waals surface area contributed by atoms with Gasteiger partial charge in [0.25, 0.3) is 0 Å². The molecule has 2 saturated heterocycles. The van der Waals surface area contributed by atoms with Crippen molar-refractivity contribution in [3.05, 3.63) is 29.8 Å². The van der Waals surface area contributed by atoms with E-state index in [1.54, 1.807) is 0 Å². The molecule has 0 radical (unpaired) electrons. The summed E-state index contributed by atoms with van der Waals surface area (Å²) < 4.78 is 0. The molecule has 2 heterocycles. The minimum atomic E-state index is 0.236. The van der Waals surface area contributed by atoms with Crippen molar-refractivity contribution in [3.8, 4) is 0 Å². The van der Waals surface area contributed by atoms with E-state index in [1.807, 2.05) is 7.05 Å². The van der Waals surface area contributed by atoms with Crippen molar-refractivity contribution in [2.45, 2.75) is 52.0 Å². The van der Waals surface area contributed by atoms with E-state index in [0.29, 0.717) is 0 Å². The predicted molar refractivity (Wildman–Crippen MR) is 120 cm³/mol. The second-order valence-corrected chi connectivity index (χ2v) is 8.39. The quantitative estimate of drug-likeness (QED) is 0.556. The highest BCUT2D eigenvalue weighted by molar-refractivity contribution is 5.80. The molecule has 0 saturated carbocycles. The topological polar surface area (TPSA) is 42.9 Å². The molecule has 1 aromatic rings. The second kappa shape index (κ2) is 10.7. The van der Waals surface area contributed by atoms with E-state index in [-0.39, 0.29) is 6.04 Å². The Bertz CT molecular complexity index is 615. The largest absolute Gasteiger partial charge is 0.372 e. The van der Waals surface area contributed by atoms with Gasteiger partial charge in [-0.05, 0) is 82.3 Å². The normalized spacial score (nSPS) is 20.4. The summed E-state index contributed by atoms with van der Waals surface area (Å²) in [6, 6.07) is 9.20. The molecule has 1 aromatic carbocycles. The molecule has 156 valence electrons. The third-order valence-electron chi connectivity index (χ3n) is 6.22. The van der Waals surface area contributed by atoms with Gasteiger partial charge in [0, 0.05) is 32.4 Å². The van der Waals surface area contributed by atoms with Crippen LogP contribution in [0.3, 0.4) is 0 Å². The average Bonchev–Trinajstić information content (AvgIpc) is 3.27. The smallest absolute Gasteiger partial charge is 0.191 e. The van der Waals surface area contributed by atoms with Crippen LogP contribution in [0.15, 0.2) is 29.3 Å². The Hall–Kier alpha value is -1.75. The number of nitrogens with zero attached hydrogens (tertiary/aromatic N) is 3. The van der Waals surface area contributed by atoms with Crippen LogP contribution in [0, 0.1) is 5.92 Å². The minimum Gasteiger partial charge on any atom is -0.372 e. The Kier molecular flexibility index (Phi) is 8.01. The van der Waals surface area contributed by atoms with Gasteiger partial charge >= 0.3 is 0 Å². The number of rotatable bonds is 7. The van der Waals surface area contributed by atoms with Gasteiger partial charge in [-0.1, -0.05) is 19.1 Å².